The number of rotatable bonds is 3. The lowest BCUT2D eigenvalue weighted by Gasteiger charge is -2.33. The van der Waals surface area contributed by atoms with Gasteiger partial charge in [-0.1, -0.05) is 32.6 Å². The predicted molar refractivity (Wildman–Crippen MR) is 61.8 cm³/mol. The molecule has 0 atom stereocenters. The van der Waals surface area contributed by atoms with Gasteiger partial charge >= 0.3 is 0 Å². The molecule has 1 saturated carbocycles. The maximum Gasteiger partial charge on any atom is 0.139 e. The fraction of sp³-hybridized carbons (Fsp3) is 0.923. The second-order valence-electron chi connectivity index (χ2n) is 5.59. The fourth-order valence-corrected chi connectivity index (χ4v) is 2.98. The second kappa shape index (κ2) is 4.65. The van der Waals surface area contributed by atoms with Crippen LogP contribution in [0.15, 0.2) is 0 Å². The minimum absolute atomic E-state index is 0.00611. The van der Waals surface area contributed by atoms with E-state index in [1.807, 2.05) is 0 Å². The van der Waals surface area contributed by atoms with E-state index in [-0.39, 0.29) is 5.41 Å². The maximum atomic E-state index is 12.2. The average Bonchev–Trinajstić information content (AvgIpc) is 2.71. The average molecular weight is 209 g/mol. The molecule has 2 nitrogen and oxygen atoms in total. The molecule has 0 radical (unpaired) electrons. The number of nitrogens with one attached hydrogen (secondary N) is 1. The summed E-state index contributed by atoms with van der Waals surface area (Å²) in [5.74, 6) is 1.25. The molecule has 86 valence electrons. The van der Waals surface area contributed by atoms with Gasteiger partial charge in [-0.05, 0) is 31.8 Å². The minimum atomic E-state index is -0.00611. The zero-order chi connectivity index (χ0) is 10.7. The largest absolute Gasteiger partial charge is 0.317 e. The minimum Gasteiger partial charge on any atom is -0.317 e. The summed E-state index contributed by atoms with van der Waals surface area (Å²) in [6.45, 7) is 4.21. The Balaban J connectivity index is 1.87. The SMILES string of the molecule is CC1(C(=O)CC2CCCC2)CCNCC1. The van der Waals surface area contributed by atoms with E-state index in [1.54, 1.807) is 0 Å². The Labute approximate surface area is 92.8 Å². The Bertz CT molecular complexity index is 225. The first-order chi connectivity index (χ1) is 7.21. The van der Waals surface area contributed by atoms with Crippen molar-refractivity contribution in [2.24, 2.45) is 11.3 Å². The lowest BCUT2D eigenvalue weighted by atomic mass is 9.74. The Morgan fingerprint density at radius 2 is 1.87 bits per heavy atom. The molecule has 1 heterocycles. The van der Waals surface area contributed by atoms with E-state index < -0.39 is 0 Å². The first-order valence-electron chi connectivity index (χ1n) is 6.45. The third-order valence-corrected chi connectivity index (χ3v) is 4.33. The van der Waals surface area contributed by atoms with Crippen molar-refractivity contribution in [3.05, 3.63) is 0 Å². The number of hydrogen-bond donors (Lipinski definition) is 1. The molecule has 1 aliphatic heterocycles. The van der Waals surface area contributed by atoms with Crippen LogP contribution in [0.5, 0.6) is 0 Å². The summed E-state index contributed by atoms with van der Waals surface area (Å²) >= 11 is 0. The van der Waals surface area contributed by atoms with E-state index in [9.17, 15) is 4.79 Å². The van der Waals surface area contributed by atoms with Crippen LogP contribution in [-0.4, -0.2) is 18.9 Å². The highest BCUT2D eigenvalue weighted by atomic mass is 16.1. The molecule has 1 saturated heterocycles. The normalized spacial score (nSPS) is 26.7. The topological polar surface area (TPSA) is 29.1 Å². The molecule has 0 aromatic rings. The van der Waals surface area contributed by atoms with Crippen molar-refractivity contribution in [1.82, 2.24) is 5.32 Å². The molecule has 2 fully saturated rings. The standard InChI is InChI=1S/C13H23NO/c1-13(6-8-14-9-7-13)12(15)10-11-4-2-3-5-11/h11,14H,2-10H2,1H3. The van der Waals surface area contributed by atoms with Gasteiger partial charge in [0, 0.05) is 11.8 Å². The van der Waals surface area contributed by atoms with E-state index >= 15 is 0 Å². The summed E-state index contributed by atoms with van der Waals surface area (Å²) in [4.78, 5) is 12.2. The molecular weight excluding hydrogens is 186 g/mol. The molecule has 0 aromatic heterocycles. The second-order valence-corrected chi connectivity index (χ2v) is 5.59. The third-order valence-electron chi connectivity index (χ3n) is 4.33. The van der Waals surface area contributed by atoms with Gasteiger partial charge < -0.3 is 5.32 Å². The highest BCUT2D eigenvalue weighted by Gasteiger charge is 2.35. The van der Waals surface area contributed by atoms with Crippen LogP contribution in [0.25, 0.3) is 0 Å². The van der Waals surface area contributed by atoms with E-state index in [0.29, 0.717) is 11.7 Å². The van der Waals surface area contributed by atoms with Gasteiger partial charge in [0.25, 0.3) is 0 Å². The molecule has 0 aromatic carbocycles. The summed E-state index contributed by atoms with van der Waals surface area (Å²) in [6.07, 6.45) is 8.21. The van der Waals surface area contributed by atoms with Crippen LogP contribution in [0.3, 0.4) is 0 Å². The summed E-state index contributed by atoms with van der Waals surface area (Å²) in [5, 5.41) is 3.34. The summed E-state index contributed by atoms with van der Waals surface area (Å²) < 4.78 is 0. The van der Waals surface area contributed by atoms with Gasteiger partial charge in [0.05, 0.1) is 0 Å². The predicted octanol–water partition coefficient (Wildman–Crippen LogP) is 2.53. The molecule has 15 heavy (non-hydrogen) atoms. The Morgan fingerprint density at radius 1 is 1.27 bits per heavy atom. The van der Waals surface area contributed by atoms with E-state index in [1.165, 1.54) is 25.7 Å². The molecule has 2 aliphatic rings. The van der Waals surface area contributed by atoms with E-state index in [4.69, 9.17) is 0 Å². The summed E-state index contributed by atoms with van der Waals surface area (Å²) in [7, 11) is 0. The van der Waals surface area contributed by atoms with Crippen molar-refractivity contribution >= 4 is 5.78 Å². The van der Waals surface area contributed by atoms with Gasteiger partial charge in [0.1, 0.15) is 5.78 Å². The quantitative estimate of drug-likeness (QED) is 0.774. The van der Waals surface area contributed by atoms with Crippen LogP contribution in [-0.2, 0) is 4.79 Å². The fourth-order valence-electron chi connectivity index (χ4n) is 2.98. The Hall–Kier alpha value is -0.370. The number of piperidine rings is 1. The van der Waals surface area contributed by atoms with Crippen LogP contribution < -0.4 is 5.32 Å². The van der Waals surface area contributed by atoms with Gasteiger partial charge in [-0.2, -0.15) is 0 Å². The first-order valence-corrected chi connectivity index (χ1v) is 6.45. The highest BCUT2D eigenvalue weighted by Crippen LogP contribution is 2.35. The van der Waals surface area contributed by atoms with Crippen LogP contribution in [0, 0.1) is 11.3 Å². The van der Waals surface area contributed by atoms with E-state index in [0.717, 1.165) is 32.4 Å². The van der Waals surface area contributed by atoms with Crippen molar-refractivity contribution in [2.75, 3.05) is 13.1 Å². The smallest absolute Gasteiger partial charge is 0.139 e. The zero-order valence-corrected chi connectivity index (χ0v) is 9.85. The van der Waals surface area contributed by atoms with Crippen LogP contribution in [0.1, 0.15) is 51.9 Å². The number of carbonyl (C=O) groups excluding carboxylic acids is 1. The van der Waals surface area contributed by atoms with Gasteiger partial charge in [-0.15, -0.1) is 0 Å². The molecule has 2 heteroatoms. The van der Waals surface area contributed by atoms with Gasteiger partial charge in [0.2, 0.25) is 0 Å². The molecule has 0 unspecified atom stereocenters. The maximum absolute atomic E-state index is 12.2. The first kappa shape index (κ1) is 11.1. The summed E-state index contributed by atoms with van der Waals surface area (Å²) in [5.41, 5.74) is -0.00611. The van der Waals surface area contributed by atoms with Crippen molar-refractivity contribution < 1.29 is 4.79 Å². The molecule has 0 spiro atoms. The van der Waals surface area contributed by atoms with Gasteiger partial charge in [-0.25, -0.2) is 0 Å². The number of hydrogen-bond acceptors (Lipinski definition) is 2. The Morgan fingerprint density at radius 3 is 2.47 bits per heavy atom. The lowest BCUT2D eigenvalue weighted by molar-refractivity contribution is -0.130. The zero-order valence-electron chi connectivity index (χ0n) is 9.85. The Kier molecular flexibility index (Phi) is 3.45. The van der Waals surface area contributed by atoms with Crippen molar-refractivity contribution in [3.8, 4) is 0 Å². The molecule has 1 N–H and O–H groups in total. The lowest BCUT2D eigenvalue weighted by Crippen LogP contribution is -2.40. The highest BCUT2D eigenvalue weighted by molar-refractivity contribution is 5.84. The monoisotopic (exact) mass is 209 g/mol. The van der Waals surface area contributed by atoms with E-state index in [2.05, 4.69) is 12.2 Å². The van der Waals surface area contributed by atoms with Crippen molar-refractivity contribution in [3.63, 3.8) is 0 Å². The molecule has 0 amide bonds. The molecule has 1 aliphatic carbocycles. The van der Waals surface area contributed by atoms with Crippen molar-refractivity contribution in [1.29, 1.82) is 0 Å². The molecular formula is C13H23NO. The van der Waals surface area contributed by atoms with Crippen LogP contribution in [0.4, 0.5) is 0 Å². The number of ketones is 1. The van der Waals surface area contributed by atoms with Crippen LogP contribution in [0.2, 0.25) is 0 Å². The number of Topliss-reactive ketones (excluding diaryl/α,β-unsaturated/α-hetero) is 1. The van der Waals surface area contributed by atoms with Crippen LogP contribution >= 0.6 is 0 Å². The van der Waals surface area contributed by atoms with Gasteiger partial charge in [-0.3, -0.25) is 4.79 Å². The summed E-state index contributed by atoms with van der Waals surface area (Å²) in [6, 6.07) is 0. The van der Waals surface area contributed by atoms with Crippen molar-refractivity contribution in [2.45, 2.75) is 51.9 Å². The molecule has 0 bridgehead atoms. The third kappa shape index (κ3) is 2.60. The molecule has 2 rings (SSSR count). The van der Waals surface area contributed by atoms with Gasteiger partial charge in [0.15, 0.2) is 0 Å². The number of carbonyl (C=O) groups is 1.